The summed E-state index contributed by atoms with van der Waals surface area (Å²) in [4.78, 5) is 0.982. The van der Waals surface area contributed by atoms with Crippen LogP contribution >= 0.6 is 27.3 Å². The van der Waals surface area contributed by atoms with E-state index >= 15 is 0 Å². The van der Waals surface area contributed by atoms with Crippen molar-refractivity contribution >= 4 is 37.3 Å². The lowest BCUT2D eigenvalue weighted by molar-refractivity contribution is 0.571. The molecule has 1 atom stereocenters. The Labute approximate surface area is 125 Å². The van der Waals surface area contributed by atoms with Crippen LogP contribution in [-0.2, 0) is 10.0 Å². The van der Waals surface area contributed by atoms with Gasteiger partial charge in [-0.3, -0.25) is 0 Å². The fourth-order valence-corrected chi connectivity index (χ4v) is 4.95. The third-order valence-electron chi connectivity index (χ3n) is 2.63. The highest BCUT2D eigenvalue weighted by Gasteiger charge is 2.21. The molecule has 0 radical (unpaired) electrons. The summed E-state index contributed by atoms with van der Waals surface area (Å²) in [5.41, 5.74) is 0.941. The molecule has 0 aliphatic rings. The SMILES string of the molecule is Cc1ccc(S(=O)(=O)NC(CBr)c2ccccc2)s1. The number of benzene rings is 1. The Kier molecular flexibility index (Phi) is 4.78. The van der Waals surface area contributed by atoms with E-state index in [-0.39, 0.29) is 6.04 Å². The molecule has 0 spiro atoms. The molecule has 1 aromatic heterocycles. The fourth-order valence-electron chi connectivity index (χ4n) is 1.68. The van der Waals surface area contributed by atoms with Gasteiger partial charge in [-0.05, 0) is 24.6 Å². The lowest BCUT2D eigenvalue weighted by Gasteiger charge is -2.16. The molecule has 2 aromatic rings. The van der Waals surface area contributed by atoms with Crippen LogP contribution < -0.4 is 4.72 Å². The maximum absolute atomic E-state index is 12.3. The van der Waals surface area contributed by atoms with Gasteiger partial charge in [0.1, 0.15) is 4.21 Å². The maximum atomic E-state index is 12.3. The molecule has 0 bridgehead atoms. The van der Waals surface area contributed by atoms with Crippen molar-refractivity contribution in [3.63, 3.8) is 0 Å². The molecule has 1 unspecified atom stereocenters. The lowest BCUT2D eigenvalue weighted by Crippen LogP contribution is -2.29. The van der Waals surface area contributed by atoms with E-state index in [9.17, 15) is 8.42 Å². The molecular weight excluding hydrogens is 346 g/mol. The van der Waals surface area contributed by atoms with Crippen molar-refractivity contribution in [3.8, 4) is 0 Å². The topological polar surface area (TPSA) is 46.2 Å². The average molecular weight is 360 g/mol. The van der Waals surface area contributed by atoms with Crippen molar-refractivity contribution in [1.29, 1.82) is 0 Å². The zero-order valence-corrected chi connectivity index (χ0v) is 13.6. The smallest absolute Gasteiger partial charge is 0.206 e. The molecule has 0 aliphatic carbocycles. The number of aryl methyl sites for hydroxylation is 1. The van der Waals surface area contributed by atoms with Crippen molar-refractivity contribution < 1.29 is 8.42 Å². The van der Waals surface area contributed by atoms with Gasteiger partial charge in [0, 0.05) is 10.2 Å². The summed E-state index contributed by atoms with van der Waals surface area (Å²) in [5.74, 6) is 0. The third-order valence-corrected chi connectivity index (χ3v) is 6.25. The highest BCUT2D eigenvalue weighted by atomic mass is 79.9. The van der Waals surface area contributed by atoms with Gasteiger partial charge in [0.25, 0.3) is 10.0 Å². The van der Waals surface area contributed by atoms with Crippen LogP contribution in [0.15, 0.2) is 46.7 Å². The molecule has 19 heavy (non-hydrogen) atoms. The first kappa shape index (κ1) is 14.7. The van der Waals surface area contributed by atoms with Crippen LogP contribution in [0, 0.1) is 6.92 Å². The van der Waals surface area contributed by atoms with Crippen LogP contribution in [0.5, 0.6) is 0 Å². The number of hydrogen-bond donors (Lipinski definition) is 1. The molecule has 6 heteroatoms. The molecule has 3 nitrogen and oxygen atoms in total. The van der Waals surface area contributed by atoms with E-state index in [1.165, 1.54) is 11.3 Å². The van der Waals surface area contributed by atoms with Crippen LogP contribution in [0.4, 0.5) is 0 Å². The molecule has 2 rings (SSSR count). The van der Waals surface area contributed by atoms with E-state index in [1.807, 2.05) is 43.3 Å². The summed E-state index contributed by atoms with van der Waals surface area (Å²) in [6.45, 7) is 1.89. The monoisotopic (exact) mass is 359 g/mol. The summed E-state index contributed by atoms with van der Waals surface area (Å²) in [7, 11) is -3.46. The highest BCUT2D eigenvalue weighted by molar-refractivity contribution is 9.09. The van der Waals surface area contributed by atoms with Crippen molar-refractivity contribution in [1.82, 2.24) is 4.72 Å². The molecule has 1 aromatic carbocycles. The summed E-state index contributed by atoms with van der Waals surface area (Å²) in [5, 5.41) is 0.528. The van der Waals surface area contributed by atoms with Crippen LogP contribution in [0.2, 0.25) is 0 Å². The van der Waals surface area contributed by atoms with Gasteiger partial charge in [0.05, 0.1) is 6.04 Å². The van der Waals surface area contributed by atoms with Crippen LogP contribution in [0.25, 0.3) is 0 Å². The quantitative estimate of drug-likeness (QED) is 0.830. The van der Waals surface area contributed by atoms with E-state index in [1.54, 1.807) is 6.07 Å². The van der Waals surface area contributed by atoms with Gasteiger partial charge in [-0.1, -0.05) is 46.3 Å². The third kappa shape index (κ3) is 3.66. The zero-order chi connectivity index (χ0) is 13.9. The minimum Gasteiger partial charge on any atom is -0.206 e. The number of sulfonamides is 1. The Balaban J connectivity index is 2.23. The number of thiophene rings is 1. The van der Waals surface area contributed by atoms with Crippen LogP contribution in [-0.4, -0.2) is 13.7 Å². The zero-order valence-electron chi connectivity index (χ0n) is 10.3. The molecular formula is C13H14BrNO2S2. The average Bonchev–Trinajstić information content (AvgIpc) is 2.85. The minimum atomic E-state index is -3.46. The normalized spacial score (nSPS) is 13.4. The summed E-state index contributed by atoms with van der Waals surface area (Å²) >= 11 is 4.64. The van der Waals surface area contributed by atoms with Gasteiger partial charge >= 0.3 is 0 Å². The molecule has 0 fully saturated rings. The predicted molar refractivity (Wildman–Crippen MR) is 82.4 cm³/mol. The Morgan fingerprint density at radius 3 is 2.42 bits per heavy atom. The van der Waals surface area contributed by atoms with Crippen molar-refractivity contribution in [3.05, 3.63) is 52.9 Å². The molecule has 0 amide bonds. The summed E-state index contributed by atoms with van der Waals surface area (Å²) in [6.07, 6.45) is 0. The van der Waals surface area contributed by atoms with Gasteiger partial charge < -0.3 is 0 Å². The van der Waals surface area contributed by atoms with E-state index in [0.717, 1.165) is 10.4 Å². The largest absolute Gasteiger partial charge is 0.250 e. The van der Waals surface area contributed by atoms with Gasteiger partial charge in [0.2, 0.25) is 0 Å². The second kappa shape index (κ2) is 6.17. The molecule has 1 heterocycles. The first-order chi connectivity index (χ1) is 9.03. The number of rotatable bonds is 5. The Morgan fingerprint density at radius 2 is 1.89 bits per heavy atom. The van der Waals surface area contributed by atoms with Gasteiger partial charge in [-0.15, -0.1) is 11.3 Å². The number of halogens is 1. The molecule has 0 aliphatic heterocycles. The standard InChI is InChI=1S/C13H14BrNO2S2/c1-10-7-8-13(18-10)19(16,17)15-12(9-14)11-5-3-2-4-6-11/h2-8,12,15H,9H2,1H3. The van der Waals surface area contributed by atoms with Crippen molar-refractivity contribution in [2.45, 2.75) is 17.2 Å². The molecule has 1 N–H and O–H groups in total. The lowest BCUT2D eigenvalue weighted by atomic mass is 10.1. The van der Waals surface area contributed by atoms with Gasteiger partial charge in [-0.2, -0.15) is 0 Å². The van der Waals surface area contributed by atoms with E-state index in [2.05, 4.69) is 20.7 Å². The Bertz CT molecular complexity index is 638. The van der Waals surface area contributed by atoms with E-state index in [4.69, 9.17) is 0 Å². The van der Waals surface area contributed by atoms with Crippen LogP contribution in [0.3, 0.4) is 0 Å². The van der Waals surface area contributed by atoms with Gasteiger partial charge in [-0.25, -0.2) is 13.1 Å². The second-order valence-electron chi connectivity index (χ2n) is 4.10. The summed E-state index contributed by atoms with van der Waals surface area (Å²) in [6, 6.07) is 12.7. The van der Waals surface area contributed by atoms with E-state index in [0.29, 0.717) is 9.54 Å². The predicted octanol–water partition coefficient (Wildman–Crippen LogP) is 3.47. The molecule has 0 saturated carbocycles. The van der Waals surface area contributed by atoms with Gasteiger partial charge in [0.15, 0.2) is 0 Å². The maximum Gasteiger partial charge on any atom is 0.250 e. The Morgan fingerprint density at radius 1 is 1.21 bits per heavy atom. The number of hydrogen-bond acceptors (Lipinski definition) is 3. The van der Waals surface area contributed by atoms with Crippen molar-refractivity contribution in [2.24, 2.45) is 0 Å². The first-order valence-electron chi connectivity index (χ1n) is 5.72. The number of alkyl halides is 1. The highest BCUT2D eigenvalue weighted by Crippen LogP contribution is 2.24. The minimum absolute atomic E-state index is 0.270. The first-order valence-corrected chi connectivity index (χ1v) is 9.15. The summed E-state index contributed by atoms with van der Waals surface area (Å²) < 4.78 is 27.6. The fraction of sp³-hybridized carbons (Fsp3) is 0.231. The van der Waals surface area contributed by atoms with Crippen molar-refractivity contribution in [2.75, 3.05) is 5.33 Å². The van der Waals surface area contributed by atoms with E-state index < -0.39 is 10.0 Å². The number of nitrogens with one attached hydrogen (secondary N) is 1. The van der Waals surface area contributed by atoms with Crippen LogP contribution in [0.1, 0.15) is 16.5 Å². The molecule has 102 valence electrons. The Hall–Kier alpha value is -0.690. The molecule has 0 saturated heterocycles. The second-order valence-corrected chi connectivity index (χ2v) is 7.98.